The van der Waals surface area contributed by atoms with Crippen molar-refractivity contribution in [1.82, 2.24) is 14.3 Å². The fraction of sp³-hybridized carbons (Fsp3) is 0.200. The van der Waals surface area contributed by atoms with Crippen molar-refractivity contribution in [1.29, 1.82) is 0 Å². The number of anilines is 1. The van der Waals surface area contributed by atoms with E-state index in [4.69, 9.17) is 4.74 Å². The van der Waals surface area contributed by atoms with E-state index in [0.717, 1.165) is 47.8 Å². The highest BCUT2D eigenvalue weighted by atomic mass is 32.1. The summed E-state index contributed by atoms with van der Waals surface area (Å²) in [6.07, 6.45) is 0.146. The number of nitrogens with zero attached hydrogens (tertiary/aromatic N) is 3. The van der Waals surface area contributed by atoms with Crippen molar-refractivity contribution in [3.05, 3.63) is 65.4 Å². The number of alkyl halides is 3. The first-order valence-electron chi connectivity index (χ1n) is 8.96. The van der Waals surface area contributed by atoms with Gasteiger partial charge in [-0.2, -0.15) is 22.5 Å². The van der Waals surface area contributed by atoms with Crippen molar-refractivity contribution >= 4 is 28.1 Å². The smallest absolute Gasteiger partial charge is 0.377 e. The van der Waals surface area contributed by atoms with Gasteiger partial charge in [0.1, 0.15) is 5.69 Å². The number of carbonyl (C=O) groups excluding carboxylic acids is 1. The van der Waals surface area contributed by atoms with Crippen LogP contribution in [0.15, 0.2) is 48.7 Å². The lowest BCUT2D eigenvalue weighted by molar-refractivity contribution is -0.137. The zero-order valence-corrected chi connectivity index (χ0v) is 16.3. The van der Waals surface area contributed by atoms with E-state index >= 15 is 0 Å². The van der Waals surface area contributed by atoms with Crippen molar-refractivity contribution in [3.8, 4) is 11.5 Å². The molecule has 4 rings (SSSR count). The number of nitrogens with one attached hydrogen (secondary N) is 1. The summed E-state index contributed by atoms with van der Waals surface area (Å²) < 4.78 is 47.4. The molecule has 1 aliphatic heterocycles. The topological polar surface area (TPSA) is 77.0 Å². The molecule has 1 amide bonds. The molecule has 0 spiro atoms. The Balaban J connectivity index is 1.44. The summed E-state index contributed by atoms with van der Waals surface area (Å²) in [4.78, 5) is 20.9. The first-order valence-corrected chi connectivity index (χ1v) is 9.73. The zero-order chi connectivity index (χ0) is 21.1. The van der Waals surface area contributed by atoms with Gasteiger partial charge in [-0.3, -0.25) is 15.1 Å². The normalized spacial score (nSPS) is 14.3. The second kappa shape index (κ2) is 8.33. The number of hydrogen-bond donors (Lipinski definition) is 1. The maximum Gasteiger partial charge on any atom is 0.416 e. The Morgan fingerprint density at radius 3 is 2.57 bits per heavy atom. The standard InChI is InChI=1S/C20H15F3N4O2S/c21-20(22,23)15-4-1-13(2-5-15)18(28)26-19-25-17(27-30-19)16-6-3-14(11-24-16)12-7-9-29-10-8-12/h1-7,11H,8-10H2,(H,25,26,27,28). The molecule has 1 aromatic carbocycles. The molecule has 3 aromatic rings. The lowest BCUT2D eigenvalue weighted by Crippen LogP contribution is -2.12. The van der Waals surface area contributed by atoms with Gasteiger partial charge in [0.15, 0.2) is 5.82 Å². The average Bonchev–Trinajstić information content (AvgIpc) is 3.22. The Kier molecular flexibility index (Phi) is 5.60. The fourth-order valence-corrected chi connectivity index (χ4v) is 3.44. The van der Waals surface area contributed by atoms with E-state index < -0.39 is 17.6 Å². The molecule has 154 valence electrons. The third kappa shape index (κ3) is 4.55. The molecule has 0 saturated carbocycles. The summed E-state index contributed by atoms with van der Waals surface area (Å²) in [6, 6.07) is 7.69. The Morgan fingerprint density at radius 2 is 1.93 bits per heavy atom. The highest BCUT2D eigenvalue weighted by Gasteiger charge is 2.30. The highest BCUT2D eigenvalue weighted by molar-refractivity contribution is 7.10. The van der Waals surface area contributed by atoms with Crippen molar-refractivity contribution in [2.75, 3.05) is 18.5 Å². The molecule has 0 bridgehead atoms. The number of halogens is 3. The van der Waals surface area contributed by atoms with E-state index in [1.807, 2.05) is 12.1 Å². The van der Waals surface area contributed by atoms with E-state index in [1.54, 1.807) is 12.3 Å². The molecule has 2 aromatic heterocycles. The van der Waals surface area contributed by atoms with Crippen LogP contribution in [0.2, 0.25) is 0 Å². The van der Waals surface area contributed by atoms with Gasteiger partial charge in [0.2, 0.25) is 5.13 Å². The molecular weight excluding hydrogens is 417 g/mol. The quantitative estimate of drug-likeness (QED) is 0.648. The van der Waals surface area contributed by atoms with Crippen LogP contribution in [0.25, 0.3) is 17.1 Å². The van der Waals surface area contributed by atoms with Crippen LogP contribution in [0, 0.1) is 0 Å². The summed E-state index contributed by atoms with van der Waals surface area (Å²) >= 11 is 0.966. The molecule has 0 atom stereocenters. The van der Waals surface area contributed by atoms with Gasteiger partial charge < -0.3 is 4.74 Å². The Labute approximate surface area is 173 Å². The first-order chi connectivity index (χ1) is 14.4. The maximum atomic E-state index is 12.6. The highest BCUT2D eigenvalue weighted by Crippen LogP contribution is 2.29. The second-order valence-corrected chi connectivity index (χ2v) is 7.19. The third-order valence-corrected chi connectivity index (χ3v) is 5.08. The van der Waals surface area contributed by atoms with Crippen molar-refractivity contribution in [3.63, 3.8) is 0 Å². The Bertz CT molecular complexity index is 1080. The monoisotopic (exact) mass is 432 g/mol. The molecule has 1 aliphatic rings. The Morgan fingerprint density at radius 1 is 1.13 bits per heavy atom. The number of amides is 1. The van der Waals surface area contributed by atoms with Gasteiger partial charge >= 0.3 is 6.18 Å². The van der Waals surface area contributed by atoms with Crippen LogP contribution in [-0.4, -0.2) is 33.5 Å². The SMILES string of the molecule is O=C(Nc1nc(-c2ccc(C3=CCOCC3)cn2)ns1)c1ccc(C(F)(F)F)cc1. The van der Waals surface area contributed by atoms with Crippen LogP contribution >= 0.6 is 11.5 Å². The second-order valence-electron chi connectivity index (χ2n) is 6.44. The van der Waals surface area contributed by atoms with E-state index in [2.05, 4.69) is 19.7 Å². The number of benzene rings is 1. The number of hydrogen-bond acceptors (Lipinski definition) is 6. The lowest BCUT2D eigenvalue weighted by Gasteiger charge is -2.13. The summed E-state index contributed by atoms with van der Waals surface area (Å²) in [5, 5.41) is 2.77. The number of ether oxygens (including phenoxy) is 1. The first kappa shape index (κ1) is 20.2. The molecule has 0 unspecified atom stereocenters. The molecule has 0 radical (unpaired) electrons. The van der Waals surface area contributed by atoms with Gasteiger partial charge in [-0.05, 0) is 47.9 Å². The fourth-order valence-electron chi connectivity index (χ4n) is 2.86. The van der Waals surface area contributed by atoms with Crippen LogP contribution in [0.3, 0.4) is 0 Å². The van der Waals surface area contributed by atoms with Gasteiger partial charge in [0, 0.05) is 23.3 Å². The molecule has 10 heteroatoms. The van der Waals surface area contributed by atoms with Crippen molar-refractivity contribution < 1.29 is 22.7 Å². The van der Waals surface area contributed by atoms with Gasteiger partial charge in [-0.1, -0.05) is 12.1 Å². The van der Waals surface area contributed by atoms with Gasteiger partial charge in [0.05, 0.1) is 18.8 Å². The van der Waals surface area contributed by atoms with E-state index in [0.29, 0.717) is 24.7 Å². The molecule has 30 heavy (non-hydrogen) atoms. The van der Waals surface area contributed by atoms with Crippen molar-refractivity contribution in [2.45, 2.75) is 12.6 Å². The minimum absolute atomic E-state index is 0.0898. The van der Waals surface area contributed by atoms with Crippen LogP contribution in [-0.2, 0) is 10.9 Å². The molecule has 3 heterocycles. The molecule has 0 saturated heterocycles. The lowest BCUT2D eigenvalue weighted by atomic mass is 10.0. The summed E-state index contributed by atoms with van der Waals surface area (Å²) in [7, 11) is 0. The predicted octanol–water partition coefficient (Wildman–Crippen LogP) is 4.67. The number of aromatic nitrogens is 3. The number of rotatable bonds is 4. The van der Waals surface area contributed by atoms with E-state index in [-0.39, 0.29) is 10.7 Å². The van der Waals surface area contributed by atoms with Crippen LogP contribution < -0.4 is 5.32 Å². The molecule has 0 aliphatic carbocycles. The maximum absolute atomic E-state index is 12.6. The summed E-state index contributed by atoms with van der Waals surface area (Å²) in [5.74, 6) is -0.212. The van der Waals surface area contributed by atoms with E-state index in [1.165, 1.54) is 5.57 Å². The minimum Gasteiger partial charge on any atom is -0.377 e. The molecule has 6 nitrogen and oxygen atoms in total. The van der Waals surface area contributed by atoms with Gasteiger partial charge in [-0.25, -0.2) is 0 Å². The van der Waals surface area contributed by atoms with Gasteiger partial charge in [0.25, 0.3) is 5.91 Å². The largest absolute Gasteiger partial charge is 0.416 e. The van der Waals surface area contributed by atoms with Crippen LogP contribution in [0.1, 0.15) is 27.9 Å². The minimum atomic E-state index is -4.45. The van der Waals surface area contributed by atoms with Crippen LogP contribution in [0.5, 0.6) is 0 Å². The third-order valence-electron chi connectivity index (χ3n) is 4.45. The number of carbonyl (C=O) groups is 1. The molecular formula is C20H15F3N4O2S. The van der Waals surface area contributed by atoms with E-state index in [9.17, 15) is 18.0 Å². The average molecular weight is 432 g/mol. The predicted molar refractivity (Wildman–Crippen MR) is 106 cm³/mol. The van der Waals surface area contributed by atoms with Crippen LogP contribution in [0.4, 0.5) is 18.3 Å². The summed E-state index contributed by atoms with van der Waals surface area (Å²) in [6.45, 7) is 1.27. The number of pyridine rings is 1. The zero-order valence-electron chi connectivity index (χ0n) is 15.4. The van der Waals surface area contributed by atoms with Gasteiger partial charge in [-0.15, -0.1) is 0 Å². The molecule has 0 fully saturated rings. The van der Waals surface area contributed by atoms with Crippen molar-refractivity contribution in [2.24, 2.45) is 0 Å². The molecule has 1 N–H and O–H groups in total. The Hall–Kier alpha value is -3.11. The summed E-state index contributed by atoms with van der Waals surface area (Å²) in [5.41, 5.74) is 2.01.